The largest absolute Gasteiger partial charge is 0.308 e. The molecule has 0 unspecified atom stereocenters. The number of nitrogens with one attached hydrogen (secondary N) is 1. The lowest BCUT2D eigenvalue weighted by atomic mass is 10.1. The van der Waals surface area contributed by atoms with Crippen molar-refractivity contribution in [3.63, 3.8) is 0 Å². The number of halogens is 1. The normalized spacial score (nSPS) is 10.3. The zero-order chi connectivity index (χ0) is 12.3. The molecule has 17 heavy (non-hydrogen) atoms. The molecule has 3 N–H and O–H groups in total. The average molecular weight is 249 g/mol. The zero-order valence-electron chi connectivity index (χ0n) is 9.44. The number of aromatic nitrogens is 2. The lowest BCUT2D eigenvalue weighted by Crippen LogP contribution is -2.11. The third-order valence-corrected chi connectivity index (χ3v) is 2.53. The Morgan fingerprint density at radius 3 is 2.82 bits per heavy atom. The van der Waals surface area contributed by atoms with E-state index in [-0.39, 0.29) is 0 Å². The molecular weight excluding hydrogens is 236 g/mol. The Bertz CT molecular complexity index is 528. The molecule has 0 aliphatic rings. The Kier molecular flexibility index (Phi) is 3.56. The number of aryl methyl sites for hydroxylation is 1. The van der Waals surface area contributed by atoms with Crippen molar-refractivity contribution in [1.82, 2.24) is 9.97 Å². The van der Waals surface area contributed by atoms with Gasteiger partial charge in [0.05, 0.1) is 0 Å². The molecule has 0 amide bonds. The molecule has 5 heteroatoms. The Morgan fingerprint density at radius 2 is 2.12 bits per heavy atom. The van der Waals surface area contributed by atoms with Crippen molar-refractivity contribution < 1.29 is 0 Å². The third kappa shape index (κ3) is 3.15. The van der Waals surface area contributed by atoms with Crippen LogP contribution in [0.15, 0.2) is 30.3 Å². The molecule has 0 aliphatic heterocycles. The number of rotatable bonds is 3. The van der Waals surface area contributed by atoms with Crippen molar-refractivity contribution in [1.29, 1.82) is 0 Å². The quantitative estimate of drug-likeness (QED) is 0.646. The number of benzene rings is 1. The topological polar surface area (TPSA) is 63.8 Å². The fourth-order valence-electron chi connectivity index (χ4n) is 1.61. The summed E-state index contributed by atoms with van der Waals surface area (Å²) in [5, 5.41) is 0.715. The summed E-state index contributed by atoms with van der Waals surface area (Å²) in [6, 6.07) is 9.45. The number of hydrogen-bond acceptors (Lipinski definition) is 4. The van der Waals surface area contributed by atoms with E-state index in [1.807, 2.05) is 31.2 Å². The van der Waals surface area contributed by atoms with Crippen LogP contribution in [-0.2, 0) is 6.42 Å². The SMILES string of the molecule is Cc1cc(NN)nc(Cc2cccc(Cl)c2)n1. The van der Waals surface area contributed by atoms with Gasteiger partial charge < -0.3 is 5.43 Å². The van der Waals surface area contributed by atoms with Gasteiger partial charge in [-0.05, 0) is 24.6 Å². The maximum atomic E-state index is 5.93. The zero-order valence-corrected chi connectivity index (χ0v) is 10.2. The van der Waals surface area contributed by atoms with Crippen LogP contribution in [0.4, 0.5) is 5.82 Å². The monoisotopic (exact) mass is 248 g/mol. The number of anilines is 1. The van der Waals surface area contributed by atoms with Gasteiger partial charge in [-0.25, -0.2) is 15.8 Å². The van der Waals surface area contributed by atoms with Crippen LogP contribution < -0.4 is 11.3 Å². The molecule has 0 spiro atoms. The summed E-state index contributed by atoms with van der Waals surface area (Å²) in [6.07, 6.45) is 0.636. The fourth-order valence-corrected chi connectivity index (χ4v) is 1.83. The van der Waals surface area contributed by atoms with Crippen LogP contribution in [0.1, 0.15) is 17.1 Å². The Balaban J connectivity index is 2.26. The van der Waals surface area contributed by atoms with Crippen LogP contribution in [0.3, 0.4) is 0 Å². The molecule has 0 radical (unpaired) electrons. The summed E-state index contributed by atoms with van der Waals surface area (Å²) < 4.78 is 0. The second kappa shape index (κ2) is 5.12. The first-order valence-corrected chi connectivity index (χ1v) is 5.61. The number of nitrogens with two attached hydrogens (primary N) is 1. The van der Waals surface area contributed by atoms with E-state index in [1.54, 1.807) is 6.07 Å². The van der Waals surface area contributed by atoms with Crippen LogP contribution >= 0.6 is 11.6 Å². The molecule has 0 atom stereocenters. The van der Waals surface area contributed by atoms with Crippen molar-refractivity contribution in [3.05, 3.63) is 52.4 Å². The van der Waals surface area contributed by atoms with Crippen LogP contribution in [0.25, 0.3) is 0 Å². The van der Waals surface area contributed by atoms with Gasteiger partial charge in [-0.2, -0.15) is 0 Å². The molecule has 1 aromatic carbocycles. The Morgan fingerprint density at radius 1 is 1.29 bits per heavy atom. The van der Waals surface area contributed by atoms with E-state index in [0.717, 1.165) is 17.1 Å². The van der Waals surface area contributed by atoms with E-state index in [4.69, 9.17) is 17.4 Å². The lowest BCUT2D eigenvalue weighted by molar-refractivity contribution is 0.940. The molecule has 0 aliphatic carbocycles. The van der Waals surface area contributed by atoms with Gasteiger partial charge in [-0.15, -0.1) is 0 Å². The highest BCUT2D eigenvalue weighted by Crippen LogP contribution is 2.14. The van der Waals surface area contributed by atoms with Crippen molar-refractivity contribution in [2.24, 2.45) is 5.84 Å². The molecule has 88 valence electrons. The number of nitrogens with zero attached hydrogens (tertiary/aromatic N) is 2. The van der Waals surface area contributed by atoms with Crippen molar-refractivity contribution in [3.8, 4) is 0 Å². The molecule has 0 saturated heterocycles. The van der Waals surface area contributed by atoms with E-state index >= 15 is 0 Å². The predicted molar refractivity (Wildman–Crippen MR) is 68.8 cm³/mol. The summed E-state index contributed by atoms with van der Waals surface area (Å²) in [5.41, 5.74) is 4.48. The van der Waals surface area contributed by atoms with E-state index in [9.17, 15) is 0 Å². The van der Waals surface area contributed by atoms with Crippen LogP contribution in [0, 0.1) is 6.92 Å². The van der Waals surface area contributed by atoms with Crippen LogP contribution in [-0.4, -0.2) is 9.97 Å². The van der Waals surface area contributed by atoms with Gasteiger partial charge in [0, 0.05) is 23.2 Å². The highest BCUT2D eigenvalue weighted by molar-refractivity contribution is 6.30. The minimum absolute atomic E-state index is 0.620. The fraction of sp³-hybridized carbons (Fsp3) is 0.167. The Labute approximate surface area is 105 Å². The molecule has 2 aromatic rings. The smallest absolute Gasteiger partial charge is 0.143 e. The van der Waals surface area contributed by atoms with Crippen LogP contribution in [0.2, 0.25) is 5.02 Å². The minimum atomic E-state index is 0.620. The third-order valence-electron chi connectivity index (χ3n) is 2.30. The average Bonchev–Trinajstić information content (AvgIpc) is 2.28. The second-order valence-electron chi connectivity index (χ2n) is 3.76. The van der Waals surface area contributed by atoms with Crippen molar-refractivity contribution >= 4 is 17.4 Å². The van der Waals surface area contributed by atoms with E-state index in [0.29, 0.717) is 17.3 Å². The summed E-state index contributed by atoms with van der Waals surface area (Å²) in [7, 11) is 0. The van der Waals surface area contributed by atoms with Crippen molar-refractivity contribution in [2.75, 3.05) is 5.43 Å². The number of hydrogen-bond donors (Lipinski definition) is 2. The van der Waals surface area contributed by atoms with Crippen molar-refractivity contribution in [2.45, 2.75) is 13.3 Å². The summed E-state index contributed by atoms with van der Waals surface area (Å²) in [5.74, 6) is 6.69. The maximum Gasteiger partial charge on any atom is 0.143 e. The van der Waals surface area contributed by atoms with E-state index in [2.05, 4.69) is 15.4 Å². The highest BCUT2D eigenvalue weighted by atomic mass is 35.5. The van der Waals surface area contributed by atoms with Gasteiger partial charge in [0.2, 0.25) is 0 Å². The molecule has 2 rings (SSSR count). The van der Waals surface area contributed by atoms with E-state index < -0.39 is 0 Å². The first kappa shape index (κ1) is 11.8. The standard InChI is InChI=1S/C12H13ClN4/c1-8-5-12(17-14)16-11(15-8)7-9-3-2-4-10(13)6-9/h2-6H,7,14H2,1H3,(H,15,16,17). The summed E-state index contributed by atoms with van der Waals surface area (Å²) in [4.78, 5) is 8.64. The second-order valence-corrected chi connectivity index (χ2v) is 4.20. The van der Waals surface area contributed by atoms with Gasteiger partial charge in [0.15, 0.2) is 0 Å². The van der Waals surface area contributed by atoms with Gasteiger partial charge in [0.1, 0.15) is 11.6 Å². The molecule has 1 aromatic heterocycles. The highest BCUT2D eigenvalue weighted by Gasteiger charge is 2.03. The molecule has 0 bridgehead atoms. The van der Waals surface area contributed by atoms with Gasteiger partial charge in [-0.1, -0.05) is 23.7 Å². The molecule has 0 saturated carbocycles. The molecule has 0 fully saturated rings. The lowest BCUT2D eigenvalue weighted by Gasteiger charge is -2.05. The molecular formula is C12H13ClN4. The summed E-state index contributed by atoms with van der Waals surface area (Å²) in [6.45, 7) is 1.91. The number of nitrogen functional groups attached to an aromatic ring is 1. The van der Waals surface area contributed by atoms with Gasteiger partial charge >= 0.3 is 0 Å². The first-order valence-electron chi connectivity index (χ1n) is 5.23. The Hall–Kier alpha value is -1.65. The number of hydrazine groups is 1. The van der Waals surface area contributed by atoms with Gasteiger partial charge in [-0.3, -0.25) is 0 Å². The maximum absolute atomic E-state index is 5.93. The van der Waals surface area contributed by atoms with Gasteiger partial charge in [0.25, 0.3) is 0 Å². The first-order chi connectivity index (χ1) is 8.17. The molecule has 4 nitrogen and oxygen atoms in total. The van der Waals surface area contributed by atoms with E-state index in [1.165, 1.54) is 0 Å². The summed E-state index contributed by atoms with van der Waals surface area (Å²) >= 11 is 5.93. The van der Waals surface area contributed by atoms with Crippen LogP contribution in [0.5, 0.6) is 0 Å². The minimum Gasteiger partial charge on any atom is -0.308 e. The predicted octanol–water partition coefficient (Wildman–Crippen LogP) is 2.31. The molecule has 1 heterocycles.